The highest BCUT2D eigenvalue weighted by Gasteiger charge is 2.08. The maximum absolute atomic E-state index is 6.24. The minimum atomic E-state index is 0.326. The van der Waals surface area contributed by atoms with Gasteiger partial charge in [0.2, 0.25) is 0 Å². The molecule has 0 bridgehead atoms. The van der Waals surface area contributed by atoms with Crippen LogP contribution in [-0.4, -0.2) is 5.38 Å². The van der Waals surface area contributed by atoms with Gasteiger partial charge in [0.25, 0.3) is 0 Å². The Kier molecular flexibility index (Phi) is 5.34. The molecule has 1 atom stereocenters. The third kappa shape index (κ3) is 4.17. The van der Waals surface area contributed by atoms with Crippen LogP contribution in [0.2, 0.25) is 0 Å². The Morgan fingerprint density at radius 3 is 2.38 bits per heavy atom. The SMILES string of the molecule is Cc1ccc(CCCC(Cl)C(C)C)cc1C. The number of hydrogen-bond donors (Lipinski definition) is 0. The summed E-state index contributed by atoms with van der Waals surface area (Å²) >= 11 is 6.24. The molecule has 0 aliphatic rings. The third-order valence-corrected chi connectivity index (χ3v) is 3.96. The topological polar surface area (TPSA) is 0 Å². The highest BCUT2D eigenvalue weighted by atomic mass is 35.5. The first-order valence-corrected chi connectivity index (χ1v) is 6.64. The van der Waals surface area contributed by atoms with Crippen LogP contribution >= 0.6 is 11.6 Å². The lowest BCUT2D eigenvalue weighted by Crippen LogP contribution is -2.07. The van der Waals surface area contributed by atoms with Crippen molar-refractivity contribution in [3.63, 3.8) is 0 Å². The number of hydrogen-bond acceptors (Lipinski definition) is 0. The molecule has 0 aromatic heterocycles. The fourth-order valence-corrected chi connectivity index (χ4v) is 1.95. The quantitative estimate of drug-likeness (QED) is 0.641. The van der Waals surface area contributed by atoms with Gasteiger partial charge in [-0.15, -0.1) is 11.6 Å². The van der Waals surface area contributed by atoms with Crippen molar-refractivity contribution in [1.29, 1.82) is 0 Å². The van der Waals surface area contributed by atoms with Crippen molar-refractivity contribution >= 4 is 11.6 Å². The Morgan fingerprint density at radius 1 is 1.12 bits per heavy atom. The molecule has 0 fully saturated rings. The molecule has 1 unspecified atom stereocenters. The van der Waals surface area contributed by atoms with Gasteiger partial charge in [-0.05, 0) is 55.7 Å². The van der Waals surface area contributed by atoms with Crippen molar-refractivity contribution < 1.29 is 0 Å². The lowest BCUT2D eigenvalue weighted by atomic mass is 9.99. The molecule has 1 aromatic rings. The van der Waals surface area contributed by atoms with Crippen molar-refractivity contribution in [1.82, 2.24) is 0 Å². The summed E-state index contributed by atoms with van der Waals surface area (Å²) in [6.07, 6.45) is 3.46. The average Bonchev–Trinajstić information content (AvgIpc) is 2.23. The summed E-state index contributed by atoms with van der Waals surface area (Å²) in [4.78, 5) is 0. The van der Waals surface area contributed by atoms with E-state index in [1.54, 1.807) is 0 Å². The van der Waals surface area contributed by atoms with Crippen LogP contribution in [0.5, 0.6) is 0 Å². The largest absolute Gasteiger partial charge is 0.123 e. The van der Waals surface area contributed by atoms with Crippen molar-refractivity contribution in [2.75, 3.05) is 0 Å². The van der Waals surface area contributed by atoms with Gasteiger partial charge in [-0.2, -0.15) is 0 Å². The van der Waals surface area contributed by atoms with Gasteiger partial charge in [-0.3, -0.25) is 0 Å². The lowest BCUT2D eigenvalue weighted by molar-refractivity contribution is 0.547. The zero-order chi connectivity index (χ0) is 12.1. The predicted octanol–water partition coefficient (Wildman–Crippen LogP) is 4.89. The van der Waals surface area contributed by atoms with E-state index in [1.807, 2.05) is 0 Å². The zero-order valence-electron chi connectivity index (χ0n) is 10.9. The van der Waals surface area contributed by atoms with Gasteiger partial charge in [-0.1, -0.05) is 32.0 Å². The molecule has 1 aromatic carbocycles. The average molecular weight is 239 g/mol. The van der Waals surface area contributed by atoms with Crippen LogP contribution in [0.1, 0.15) is 43.4 Å². The number of alkyl halides is 1. The van der Waals surface area contributed by atoms with E-state index in [2.05, 4.69) is 45.9 Å². The summed E-state index contributed by atoms with van der Waals surface area (Å²) in [5.74, 6) is 0.585. The normalized spacial score (nSPS) is 13.1. The molecule has 0 spiro atoms. The molecule has 90 valence electrons. The second-order valence-electron chi connectivity index (χ2n) is 5.07. The summed E-state index contributed by atoms with van der Waals surface area (Å²) in [6.45, 7) is 8.71. The summed E-state index contributed by atoms with van der Waals surface area (Å²) in [6, 6.07) is 6.75. The summed E-state index contributed by atoms with van der Waals surface area (Å²) < 4.78 is 0. The van der Waals surface area contributed by atoms with Crippen LogP contribution < -0.4 is 0 Å². The molecule has 0 heterocycles. The van der Waals surface area contributed by atoms with Crippen LogP contribution in [0.25, 0.3) is 0 Å². The maximum atomic E-state index is 6.24. The summed E-state index contributed by atoms with van der Waals surface area (Å²) in [5.41, 5.74) is 4.21. The lowest BCUT2D eigenvalue weighted by Gasteiger charge is -2.13. The van der Waals surface area contributed by atoms with E-state index < -0.39 is 0 Å². The molecule has 1 heteroatoms. The highest BCUT2D eigenvalue weighted by Crippen LogP contribution is 2.18. The minimum Gasteiger partial charge on any atom is -0.123 e. The first-order valence-electron chi connectivity index (χ1n) is 6.21. The van der Waals surface area contributed by atoms with E-state index in [0.29, 0.717) is 11.3 Å². The van der Waals surface area contributed by atoms with Crippen molar-refractivity contribution in [2.45, 2.75) is 52.3 Å². The molecule has 0 amide bonds. The molecular formula is C15H23Cl. The Hall–Kier alpha value is -0.490. The van der Waals surface area contributed by atoms with Gasteiger partial charge in [0.1, 0.15) is 0 Å². The van der Waals surface area contributed by atoms with Gasteiger partial charge in [-0.25, -0.2) is 0 Å². The fourth-order valence-electron chi connectivity index (χ4n) is 1.79. The molecule has 0 aliphatic carbocycles. The monoisotopic (exact) mass is 238 g/mol. The van der Waals surface area contributed by atoms with E-state index in [0.717, 1.165) is 12.8 Å². The first kappa shape index (κ1) is 13.6. The number of benzene rings is 1. The number of aryl methyl sites for hydroxylation is 3. The Labute approximate surface area is 105 Å². The van der Waals surface area contributed by atoms with Crippen LogP contribution in [0.3, 0.4) is 0 Å². The molecule has 0 nitrogen and oxygen atoms in total. The third-order valence-electron chi connectivity index (χ3n) is 3.24. The smallest absolute Gasteiger partial charge is 0.0359 e. The maximum Gasteiger partial charge on any atom is 0.0359 e. The van der Waals surface area contributed by atoms with Crippen LogP contribution in [0, 0.1) is 19.8 Å². The first-order chi connectivity index (χ1) is 7.50. The van der Waals surface area contributed by atoms with E-state index >= 15 is 0 Å². The van der Waals surface area contributed by atoms with Gasteiger partial charge in [0, 0.05) is 5.38 Å². The second-order valence-corrected chi connectivity index (χ2v) is 5.63. The van der Waals surface area contributed by atoms with Crippen LogP contribution in [0.4, 0.5) is 0 Å². The van der Waals surface area contributed by atoms with E-state index in [9.17, 15) is 0 Å². The van der Waals surface area contributed by atoms with Gasteiger partial charge >= 0.3 is 0 Å². The highest BCUT2D eigenvalue weighted by molar-refractivity contribution is 6.20. The van der Waals surface area contributed by atoms with Crippen LogP contribution in [-0.2, 0) is 6.42 Å². The van der Waals surface area contributed by atoms with Crippen molar-refractivity contribution in [3.8, 4) is 0 Å². The number of rotatable bonds is 5. The minimum absolute atomic E-state index is 0.326. The molecule has 0 radical (unpaired) electrons. The molecule has 0 N–H and O–H groups in total. The Bertz CT molecular complexity index is 328. The van der Waals surface area contributed by atoms with Crippen molar-refractivity contribution in [2.24, 2.45) is 5.92 Å². The second kappa shape index (κ2) is 6.30. The van der Waals surface area contributed by atoms with Gasteiger partial charge < -0.3 is 0 Å². The van der Waals surface area contributed by atoms with Crippen molar-refractivity contribution in [3.05, 3.63) is 34.9 Å². The van der Waals surface area contributed by atoms with Gasteiger partial charge in [0.15, 0.2) is 0 Å². The fraction of sp³-hybridized carbons (Fsp3) is 0.600. The van der Waals surface area contributed by atoms with Gasteiger partial charge in [0.05, 0.1) is 0 Å². The van der Waals surface area contributed by atoms with Crippen LogP contribution in [0.15, 0.2) is 18.2 Å². The summed E-state index contributed by atoms with van der Waals surface area (Å²) in [5, 5.41) is 0.326. The molecule has 0 saturated heterocycles. The molecule has 0 saturated carbocycles. The standard InChI is InChI=1S/C15H23Cl/c1-11(2)15(16)7-5-6-14-9-8-12(3)13(4)10-14/h8-11,15H,5-7H2,1-4H3. The van der Waals surface area contributed by atoms with E-state index in [4.69, 9.17) is 11.6 Å². The molecular weight excluding hydrogens is 216 g/mol. The Balaban J connectivity index is 2.40. The zero-order valence-corrected chi connectivity index (χ0v) is 11.6. The summed E-state index contributed by atoms with van der Waals surface area (Å²) in [7, 11) is 0. The van der Waals surface area contributed by atoms with E-state index in [1.165, 1.54) is 23.1 Å². The predicted molar refractivity (Wildman–Crippen MR) is 73.3 cm³/mol. The molecule has 16 heavy (non-hydrogen) atoms. The Morgan fingerprint density at radius 2 is 1.81 bits per heavy atom. The van der Waals surface area contributed by atoms with E-state index in [-0.39, 0.29) is 0 Å². The number of halogens is 1. The molecule has 1 rings (SSSR count). The molecule has 0 aliphatic heterocycles.